The van der Waals surface area contributed by atoms with Crippen LogP contribution in [0, 0.1) is 5.92 Å². The van der Waals surface area contributed by atoms with E-state index >= 15 is 0 Å². The Balaban J connectivity index is 2.01. The topological polar surface area (TPSA) is 18.5 Å². The van der Waals surface area contributed by atoms with Crippen molar-refractivity contribution < 1.29 is 9.47 Å². The van der Waals surface area contributed by atoms with E-state index in [9.17, 15) is 0 Å². The van der Waals surface area contributed by atoms with Crippen molar-refractivity contribution in [2.24, 2.45) is 5.92 Å². The van der Waals surface area contributed by atoms with Crippen LogP contribution in [0.5, 0.6) is 0 Å². The summed E-state index contributed by atoms with van der Waals surface area (Å²) in [7, 11) is 0. The third kappa shape index (κ3) is 4.44. The highest BCUT2D eigenvalue weighted by Gasteiger charge is 2.13. The van der Waals surface area contributed by atoms with Gasteiger partial charge >= 0.3 is 0 Å². The monoisotopic (exact) mass is 184 g/mol. The molecule has 1 rings (SSSR count). The Bertz CT molecular complexity index is 139. The van der Waals surface area contributed by atoms with Crippen LogP contribution in [0.4, 0.5) is 0 Å². The zero-order valence-electron chi connectivity index (χ0n) is 8.50. The molecule has 2 nitrogen and oxygen atoms in total. The second-order valence-corrected chi connectivity index (χ2v) is 3.67. The van der Waals surface area contributed by atoms with Gasteiger partial charge in [-0.1, -0.05) is 13.0 Å². The van der Waals surface area contributed by atoms with E-state index in [2.05, 4.69) is 13.5 Å². The van der Waals surface area contributed by atoms with Gasteiger partial charge in [-0.05, 0) is 31.6 Å². The van der Waals surface area contributed by atoms with Crippen molar-refractivity contribution in [1.29, 1.82) is 0 Å². The van der Waals surface area contributed by atoms with E-state index in [-0.39, 0.29) is 6.29 Å². The summed E-state index contributed by atoms with van der Waals surface area (Å²) < 4.78 is 11.0. The normalized spacial score (nSPS) is 25.5. The van der Waals surface area contributed by atoms with Crippen molar-refractivity contribution in [1.82, 2.24) is 0 Å². The Morgan fingerprint density at radius 1 is 1.62 bits per heavy atom. The van der Waals surface area contributed by atoms with E-state index in [4.69, 9.17) is 9.47 Å². The van der Waals surface area contributed by atoms with Crippen molar-refractivity contribution in [3.63, 3.8) is 0 Å². The van der Waals surface area contributed by atoms with Crippen molar-refractivity contribution in [2.45, 2.75) is 38.9 Å². The molecule has 1 fully saturated rings. The lowest BCUT2D eigenvalue weighted by Crippen LogP contribution is -2.23. The molecule has 1 aliphatic rings. The quantitative estimate of drug-likeness (QED) is 0.612. The fourth-order valence-corrected chi connectivity index (χ4v) is 1.35. The summed E-state index contributed by atoms with van der Waals surface area (Å²) in [4.78, 5) is 0. The van der Waals surface area contributed by atoms with Gasteiger partial charge < -0.3 is 9.47 Å². The van der Waals surface area contributed by atoms with Gasteiger partial charge in [0.05, 0.1) is 6.61 Å². The maximum Gasteiger partial charge on any atom is 0.157 e. The van der Waals surface area contributed by atoms with Crippen LogP contribution in [-0.2, 0) is 9.47 Å². The third-order valence-corrected chi connectivity index (χ3v) is 2.42. The summed E-state index contributed by atoms with van der Waals surface area (Å²) in [6.45, 7) is 7.54. The Morgan fingerprint density at radius 3 is 3.08 bits per heavy atom. The SMILES string of the molecule is C=C[C@H](C)CCOC1CCCCO1. The minimum Gasteiger partial charge on any atom is -0.353 e. The Hall–Kier alpha value is -0.340. The first-order chi connectivity index (χ1) is 6.33. The lowest BCUT2D eigenvalue weighted by Gasteiger charge is -2.23. The molecule has 0 amide bonds. The molecule has 0 saturated carbocycles. The van der Waals surface area contributed by atoms with Gasteiger partial charge in [-0.15, -0.1) is 6.58 Å². The highest BCUT2D eigenvalue weighted by Crippen LogP contribution is 2.14. The molecule has 0 bridgehead atoms. The van der Waals surface area contributed by atoms with Crippen LogP contribution in [0.15, 0.2) is 12.7 Å². The Kier molecular flexibility index (Phi) is 5.09. The average Bonchev–Trinajstić information content (AvgIpc) is 2.19. The van der Waals surface area contributed by atoms with Gasteiger partial charge in [0.2, 0.25) is 0 Å². The lowest BCUT2D eigenvalue weighted by molar-refractivity contribution is -0.163. The van der Waals surface area contributed by atoms with Crippen LogP contribution in [0.2, 0.25) is 0 Å². The van der Waals surface area contributed by atoms with E-state index in [0.29, 0.717) is 5.92 Å². The zero-order chi connectivity index (χ0) is 9.52. The summed E-state index contributed by atoms with van der Waals surface area (Å²) in [6, 6.07) is 0. The van der Waals surface area contributed by atoms with Crippen molar-refractivity contribution in [2.75, 3.05) is 13.2 Å². The molecule has 0 N–H and O–H groups in total. The smallest absolute Gasteiger partial charge is 0.157 e. The van der Waals surface area contributed by atoms with Crippen LogP contribution >= 0.6 is 0 Å². The first-order valence-corrected chi connectivity index (χ1v) is 5.18. The Morgan fingerprint density at radius 2 is 2.46 bits per heavy atom. The number of hydrogen-bond donors (Lipinski definition) is 0. The number of hydrogen-bond acceptors (Lipinski definition) is 2. The minimum atomic E-state index is 0.0609. The summed E-state index contributed by atoms with van der Waals surface area (Å²) in [5.74, 6) is 0.545. The lowest BCUT2D eigenvalue weighted by atomic mass is 10.1. The van der Waals surface area contributed by atoms with Crippen LogP contribution in [-0.4, -0.2) is 19.5 Å². The molecule has 1 aliphatic heterocycles. The van der Waals surface area contributed by atoms with Gasteiger partial charge in [-0.3, -0.25) is 0 Å². The molecule has 76 valence electrons. The molecule has 2 heteroatoms. The number of ether oxygens (including phenoxy) is 2. The predicted molar refractivity (Wildman–Crippen MR) is 53.5 cm³/mol. The average molecular weight is 184 g/mol. The molecule has 2 atom stereocenters. The summed E-state index contributed by atoms with van der Waals surface area (Å²) in [6.07, 6.45) is 6.55. The highest BCUT2D eigenvalue weighted by molar-refractivity contribution is 4.74. The van der Waals surface area contributed by atoms with Gasteiger partial charge in [-0.2, -0.15) is 0 Å². The molecule has 0 spiro atoms. The highest BCUT2D eigenvalue weighted by atomic mass is 16.7. The molecule has 13 heavy (non-hydrogen) atoms. The second kappa shape index (κ2) is 6.17. The Labute approximate surface area is 80.9 Å². The van der Waals surface area contributed by atoms with E-state index < -0.39 is 0 Å². The minimum absolute atomic E-state index is 0.0609. The molecule has 0 aromatic carbocycles. The molecule has 0 aromatic rings. The molecule has 0 radical (unpaired) electrons. The first kappa shape index (κ1) is 10.7. The maximum atomic E-state index is 5.59. The standard InChI is InChI=1S/C11H20O2/c1-3-10(2)7-9-13-11-6-4-5-8-12-11/h3,10-11H,1,4-9H2,2H3/t10-,11?/m0/s1. The van der Waals surface area contributed by atoms with E-state index in [1.807, 2.05) is 6.08 Å². The van der Waals surface area contributed by atoms with Gasteiger partial charge in [0.25, 0.3) is 0 Å². The summed E-state index contributed by atoms with van der Waals surface area (Å²) in [5, 5.41) is 0. The summed E-state index contributed by atoms with van der Waals surface area (Å²) >= 11 is 0. The molecule has 0 aromatic heterocycles. The zero-order valence-corrected chi connectivity index (χ0v) is 8.50. The van der Waals surface area contributed by atoms with Crippen molar-refractivity contribution in [3.8, 4) is 0 Å². The van der Waals surface area contributed by atoms with E-state index in [0.717, 1.165) is 26.1 Å². The first-order valence-electron chi connectivity index (χ1n) is 5.18. The van der Waals surface area contributed by atoms with Crippen LogP contribution in [0.3, 0.4) is 0 Å². The third-order valence-electron chi connectivity index (χ3n) is 2.42. The van der Waals surface area contributed by atoms with Crippen molar-refractivity contribution in [3.05, 3.63) is 12.7 Å². The van der Waals surface area contributed by atoms with Crippen molar-refractivity contribution >= 4 is 0 Å². The fourth-order valence-electron chi connectivity index (χ4n) is 1.35. The van der Waals surface area contributed by atoms with Gasteiger partial charge in [0, 0.05) is 6.61 Å². The van der Waals surface area contributed by atoms with Crippen LogP contribution < -0.4 is 0 Å². The second-order valence-electron chi connectivity index (χ2n) is 3.67. The van der Waals surface area contributed by atoms with E-state index in [1.165, 1.54) is 12.8 Å². The predicted octanol–water partition coefficient (Wildman–Crippen LogP) is 2.74. The molecule has 1 unspecified atom stereocenters. The van der Waals surface area contributed by atoms with Gasteiger partial charge in [0.15, 0.2) is 6.29 Å². The molecule has 0 aliphatic carbocycles. The van der Waals surface area contributed by atoms with Gasteiger partial charge in [0.1, 0.15) is 0 Å². The number of rotatable bonds is 5. The molecular formula is C11H20O2. The van der Waals surface area contributed by atoms with E-state index in [1.54, 1.807) is 0 Å². The van der Waals surface area contributed by atoms with Crippen LogP contribution in [0.1, 0.15) is 32.6 Å². The summed E-state index contributed by atoms with van der Waals surface area (Å²) in [5.41, 5.74) is 0. The van der Waals surface area contributed by atoms with Gasteiger partial charge in [-0.25, -0.2) is 0 Å². The molecule has 1 saturated heterocycles. The van der Waals surface area contributed by atoms with Crippen LogP contribution in [0.25, 0.3) is 0 Å². The molecule has 1 heterocycles. The fraction of sp³-hybridized carbons (Fsp3) is 0.818. The number of allylic oxidation sites excluding steroid dienone is 1. The molecular weight excluding hydrogens is 164 g/mol. The largest absolute Gasteiger partial charge is 0.353 e. The maximum absolute atomic E-state index is 5.59.